The average molecular weight is 925 g/mol. The lowest BCUT2D eigenvalue weighted by Gasteiger charge is -2.24. The first-order chi connectivity index (χ1) is 32.5. The Hall–Kier alpha value is -2.44. The molecule has 0 rings (SSSR count). The molecule has 0 fully saturated rings. The molecule has 0 aromatic heterocycles. The molecule has 0 saturated carbocycles. The van der Waals surface area contributed by atoms with Gasteiger partial charge in [0.25, 0.3) is 0 Å². The Morgan fingerprint density at radius 2 is 0.803 bits per heavy atom. The smallest absolute Gasteiger partial charge is 0.306 e. The maximum Gasteiger partial charge on any atom is 0.306 e. The van der Waals surface area contributed by atoms with Crippen molar-refractivity contribution in [1.82, 2.24) is 5.32 Å². The second-order valence-corrected chi connectivity index (χ2v) is 19.5. The van der Waals surface area contributed by atoms with Crippen molar-refractivity contribution in [3.8, 4) is 0 Å². The highest BCUT2D eigenvalue weighted by Gasteiger charge is 2.24. The highest BCUT2D eigenvalue weighted by molar-refractivity contribution is 5.77. The zero-order valence-electron chi connectivity index (χ0n) is 43.8. The Morgan fingerprint density at radius 3 is 1.23 bits per heavy atom. The second kappa shape index (κ2) is 53.5. The number of hydrogen-bond donors (Lipinski definition) is 3. The summed E-state index contributed by atoms with van der Waals surface area (Å²) in [5, 5.41) is 23.9. The Bertz CT molecular complexity index is 1170. The van der Waals surface area contributed by atoms with Crippen molar-refractivity contribution in [2.45, 2.75) is 302 Å². The van der Waals surface area contributed by atoms with Crippen LogP contribution in [0.25, 0.3) is 0 Å². The first-order valence-electron chi connectivity index (χ1n) is 28.6. The standard InChI is InChI=1S/C60H109NO5/c1-4-7-10-13-16-19-22-25-28-31-33-36-39-42-45-48-51-56(66-60(65)53-50-47-44-41-38-35-32-29-26-23-20-17-14-11-8-5-2)54-59(64)61-57(55-62)58(63)52-49-46-43-40-37-34-30-27-24-21-18-15-12-9-6-3/h10,13,16,19,22,25,28,31,33,36,56-58,62-63H,4-9,11-12,14-15,17-18,20-21,23-24,26-27,29-30,32,34-35,37-55H2,1-3H3,(H,61,64)/b13-10+,19-16+,25-22+,31-28+,36-33+. The molecule has 0 aromatic rings. The molecule has 6 nitrogen and oxygen atoms in total. The third-order valence-electron chi connectivity index (χ3n) is 13.0. The third kappa shape index (κ3) is 48.0. The zero-order valence-corrected chi connectivity index (χ0v) is 43.8. The van der Waals surface area contributed by atoms with E-state index in [2.05, 4.69) is 56.5 Å². The number of nitrogens with one attached hydrogen (secondary N) is 1. The van der Waals surface area contributed by atoms with E-state index in [4.69, 9.17) is 4.74 Å². The number of hydrogen-bond acceptors (Lipinski definition) is 5. The monoisotopic (exact) mass is 924 g/mol. The Labute approximate surface area is 409 Å². The fraction of sp³-hybridized carbons (Fsp3) is 0.800. The largest absolute Gasteiger partial charge is 0.462 e. The van der Waals surface area contributed by atoms with E-state index in [1.165, 1.54) is 167 Å². The van der Waals surface area contributed by atoms with Crippen molar-refractivity contribution in [3.63, 3.8) is 0 Å². The van der Waals surface area contributed by atoms with Crippen LogP contribution in [0.15, 0.2) is 60.8 Å². The molecule has 0 aliphatic heterocycles. The zero-order chi connectivity index (χ0) is 48.1. The summed E-state index contributed by atoms with van der Waals surface area (Å²) in [7, 11) is 0. The summed E-state index contributed by atoms with van der Waals surface area (Å²) >= 11 is 0. The molecule has 384 valence electrons. The fourth-order valence-corrected chi connectivity index (χ4v) is 8.64. The van der Waals surface area contributed by atoms with Crippen LogP contribution in [0.2, 0.25) is 0 Å². The van der Waals surface area contributed by atoms with Gasteiger partial charge >= 0.3 is 5.97 Å². The predicted molar refractivity (Wildman–Crippen MR) is 287 cm³/mol. The molecule has 0 aliphatic rings. The predicted octanol–water partition coefficient (Wildman–Crippen LogP) is 17.6. The number of amides is 1. The number of carbonyl (C=O) groups is 2. The van der Waals surface area contributed by atoms with E-state index >= 15 is 0 Å². The van der Waals surface area contributed by atoms with Gasteiger partial charge in [0.05, 0.1) is 25.2 Å². The number of carbonyl (C=O) groups excluding carboxylic acids is 2. The van der Waals surface area contributed by atoms with Gasteiger partial charge < -0.3 is 20.3 Å². The van der Waals surface area contributed by atoms with Gasteiger partial charge in [-0.2, -0.15) is 0 Å². The van der Waals surface area contributed by atoms with Crippen LogP contribution in [0.5, 0.6) is 0 Å². The number of aliphatic hydroxyl groups excluding tert-OH is 2. The van der Waals surface area contributed by atoms with E-state index in [0.29, 0.717) is 19.3 Å². The summed E-state index contributed by atoms with van der Waals surface area (Å²) in [5.74, 6) is -0.505. The molecule has 0 spiro atoms. The highest BCUT2D eigenvalue weighted by atomic mass is 16.5. The van der Waals surface area contributed by atoms with E-state index in [1.807, 2.05) is 30.4 Å². The number of ether oxygens (including phenoxy) is 1. The van der Waals surface area contributed by atoms with E-state index in [1.54, 1.807) is 0 Å². The molecule has 3 atom stereocenters. The summed E-state index contributed by atoms with van der Waals surface area (Å²) in [5.41, 5.74) is 0. The molecular weight excluding hydrogens is 815 g/mol. The van der Waals surface area contributed by atoms with Crippen molar-refractivity contribution >= 4 is 11.9 Å². The summed E-state index contributed by atoms with van der Waals surface area (Å²) in [6.45, 7) is 6.41. The van der Waals surface area contributed by atoms with Crippen LogP contribution in [0, 0.1) is 0 Å². The molecule has 0 bridgehead atoms. The van der Waals surface area contributed by atoms with Crippen molar-refractivity contribution < 1.29 is 24.5 Å². The summed E-state index contributed by atoms with van der Waals surface area (Å²) in [6.07, 6.45) is 67.1. The van der Waals surface area contributed by atoms with Crippen LogP contribution >= 0.6 is 0 Å². The molecule has 0 aromatic carbocycles. The van der Waals surface area contributed by atoms with Gasteiger partial charge in [-0.05, 0) is 44.9 Å². The van der Waals surface area contributed by atoms with Gasteiger partial charge in [-0.1, -0.05) is 287 Å². The number of unbranched alkanes of at least 4 members (excludes halogenated alkanes) is 33. The molecule has 3 N–H and O–H groups in total. The van der Waals surface area contributed by atoms with E-state index < -0.39 is 18.2 Å². The quantitative estimate of drug-likeness (QED) is 0.0321. The highest BCUT2D eigenvalue weighted by Crippen LogP contribution is 2.18. The van der Waals surface area contributed by atoms with Crippen molar-refractivity contribution in [3.05, 3.63) is 60.8 Å². The first kappa shape index (κ1) is 63.6. The third-order valence-corrected chi connectivity index (χ3v) is 13.0. The molecule has 0 aliphatic carbocycles. The van der Waals surface area contributed by atoms with E-state index in [9.17, 15) is 19.8 Å². The minimum atomic E-state index is -0.801. The van der Waals surface area contributed by atoms with Crippen LogP contribution in [0.3, 0.4) is 0 Å². The van der Waals surface area contributed by atoms with Crippen molar-refractivity contribution in [2.24, 2.45) is 0 Å². The van der Waals surface area contributed by atoms with Crippen molar-refractivity contribution in [1.29, 1.82) is 0 Å². The molecule has 0 heterocycles. The fourth-order valence-electron chi connectivity index (χ4n) is 8.64. The average Bonchev–Trinajstić information content (AvgIpc) is 3.31. The second-order valence-electron chi connectivity index (χ2n) is 19.5. The molecule has 66 heavy (non-hydrogen) atoms. The number of esters is 1. The number of allylic oxidation sites excluding steroid dienone is 10. The molecular formula is C60H109NO5. The Balaban J connectivity index is 4.63. The molecule has 6 heteroatoms. The molecule has 1 amide bonds. The SMILES string of the molecule is CCC/C=C/C=C/C=C/C=C/C=C/CCCCCC(CC(=O)NC(CO)C(O)CCCCCCCCCCCCCCCCC)OC(=O)CCCCCCCCCCCCCCCCCC. The van der Waals surface area contributed by atoms with Gasteiger partial charge in [-0.3, -0.25) is 9.59 Å². The van der Waals surface area contributed by atoms with Gasteiger partial charge in [-0.25, -0.2) is 0 Å². The van der Waals surface area contributed by atoms with Crippen molar-refractivity contribution in [2.75, 3.05) is 6.61 Å². The Morgan fingerprint density at radius 1 is 0.439 bits per heavy atom. The number of rotatable bonds is 51. The van der Waals surface area contributed by atoms with Crippen LogP contribution in [0.1, 0.15) is 284 Å². The summed E-state index contributed by atoms with van der Waals surface area (Å²) in [4.78, 5) is 26.3. The minimum Gasteiger partial charge on any atom is -0.462 e. The topological polar surface area (TPSA) is 95.9 Å². The van der Waals surface area contributed by atoms with E-state index in [-0.39, 0.29) is 24.9 Å². The number of aliphatic hydroxyl groups is 2. The van der Waals surface area contributed by atoms with Gasteiger partial charge in [0.1, 0.15) is 6.10 Å². The lowest BCUT2D eigenvalue weighted by molar-refractivity contribution is -0.151. The van der Waals surface area contributed by atoms with Crippen LogP contribution in [-0.2, 0) is 14.3 Å². The maximum atomic E-state index is 13.3. The van der Waals surface area contributed by atoms with E-state index in [0.717, 1.165) is 70.6 Å². The normalized spacial score (nSPS) is 13.6. The first-order valence-corrected chi connectivity index (χ1v) is 28.6. The van der Waals surface area contributed by atoms with Crippen LogP contribution < -0.4 is 5.32 Å². The molecule has 0 saturated heterocycles. The molecule has 0 radical (unpaired) electrons. The maximum absolute atomic E-state index is 13.3. The lowest BCUT2D eigenvalue weighted by Crippen LogP contribution is -2.46. The minimum absolute atomic E-state index is 0.0509. The van der Waals surface area contributed by atoms with Gasteiger partial charge in [0.15, 0.2) is 0 Å². The lowest BCUT2D eigenvalue weighted by atomic mass is 10.0. The van der Waals surface area contributed by atoms with Gasteiger partial charge in [0, 0.05) is 6.42 Å². The van der Waals surface area contributed by atoms with Crippen LogP contribution in [-0.4, -0.2) is 46.9 Å². The summed E-state index contributed by atoms with van der Waals surface area (Å²) < 4.78 is 5.94. The van der Waals surface area contributed by atoms with Crippen LogP contribution in [0.4, 0.5) is 0 Å². The molecule has 3 unspecified atom stereocenters. The van der Waals surface area contributed by atoms with Gasteiger partial charge in [-0.15, -0.1) is 0 Å². The van der Waals surface area contributed by atoms with Gasteiger partial charge in [0.2, 0.25) is 5.91 Å². The summed E-state index contributed by atoms with van der Waals surface area (Å²) in [6, 6.07) is -0.717. The Kier molecular flexibility index (Phi) is 51.5.